The van der Waals surface area contributed by atoms with Crippen molar-refractivity contribution in [3.63, 3.8) is 0 Å². The van der Waals surface area contributed by atoms with Gasteiger partial charge >= 0.3 is 5.97 Å². The Morgan fingerprint density at radius 2 is 2.04 bits per heavy atom. The van der Waals surface area contributed by atoms with Gasteiger partial charge in [-0.3, -0.25) is 9.59 Å². The molecular formula is C18H16ClNO5S. The number of furan rings is 1. The van der Waals surface area contributed by atoms with Gasteiger partial charge in [0.15, 0.2) is 6.61 Å². The summed E-state index contributed by atoms with van der Waals surface area (Å²) in [4.78, 5) is 38.1. The first kappa shape index (κ1) is 18.5. The van der Waals surface area contributed by atoms with E-state index in [0.29, 0.717) is 22.1 Å². The van der Waals surface area contributed by atoms with Crippen LogP contribution in [0.1, 0.15) is 28.4 Å². The van der Waals surface area contributed by atoms with Gasteiger partial charge in [-0.05, 0) is 24.3 Å². The summed E-state index contributed by atoms with van der Waals surface area (Å²) in [6, 6.07) is 9.26. The van der Waals surface area contributed by atoms with E-state index in [1.54, 1.807) is 36.4 Å². The number of carbonyl (C=O) groups is 3. The number of halogens is 1. The number of rotatable bonds is 5. The largest absolute Gasteiger partial charge is 0.466 e. The summed E-state index contributed by atoms with van der Waals surface area (Å²) in [5.74, 6) is -0.332. The lowest BCUT2D eigenvalue weighted by Gasteiger charge is -2.25. The van der Waals surface area contributed by atoms with E-state index < -0.39 is 24.4 Å². The third-order valence-corrected chi connectivity index (χ3v) is 5.56. The molecule has 0 spiro atoms. The van der Waals surface area contributed by atoms with Crippen molar-refractivity contribution in [2.24, 2.45) is 0 Å². The van der Waals surface area contributed by atoms with Gasteiger partial charge < -0.3 is 14.1 Å². The highest BCUT2D eigenvalue weighted by molar-refractivity contribution is 7.99. The van der Waals surface area contributed by atoms with Crippen molar-refractivity contribution in [1.82, 2.24) is 4.90 Å². The van der Waals surface area contributed by atoms with Crippen molar-refractivity contribution in [3.05, 3.63) is 59.0 Å². The van der Waals surface area contributed by atoms with Crippen LogP contribution in [0.15, 0.2) is 47.1 Å². The van der Waals surface area contributed by atoms with E-state index in [9.17, 15) is 14.4 Å². The first-order chi connectivity index (χ1) is 12.5. The van der Waals surface area contributed by atoms with Crippen LogP contribution in [0.5, 0.6) is 0 Å². The Balaban J connectivity index is 1.66. The minimum Gasteiger partial charge on any atom is -0.466 e. The molecule has 0 N–H and O–H groups in total. The molecule has 2 aromatic rings. The normalized spacial score (nSPS) is 19.4. The van der Waals surface area contributed by atoms with Crippen molar-refractivity contribution in [2.75, 3.05) is 12.4 Å². The van der Waals surface area contributed by atoms with Crippen molar-refractivity contribution < 1.29 is 23.5 Å². The lowest BCUT2D eigenvalue weighted by Crippen LogP contribution is -2.43. The quantitative estimate of drug-likeness (QED) is 0.573. The molecule has 3 rings (SSSR count). The van der Waals surface area contributed by atoms with Gasteiger partial charge in [-0.25, -0.2) is 4.79 Å². The lowest BCUT2D eigenvalue weighted by molar-refractivity contribution is -0.152. The lowest BCUT2D eigenvalue weighted by atomic mass is 10.1. The Bertz CT molecular complexity index is 823. The second-order valence-corrected chi connectivity index (χ2v) is 7.17. The molecule has 0 saturated carbocycles. The second kappa shape index (κ2) is 7.97. The van der Waals surface area contributed by atoms with Crippen LogP contribution in [-0.2, 0) is 14.3 Å². The molecule has 1 saturated heterocycles. The number of hydrogen-bond acceptors (Lipinski definition) is 6. The molecule has 1 aliphatic heterocycles. The zero-order valence-electron chi connectivity index (χ0n) is 13.9. The highest BCUT2D eigenvalue weighted by Crippen LogP contribution is 2.41. The van der Waals surface area contributed by atoms with Gasteiger partial charge in [0.05, 0.1) is 11.3 Å². The molecule has 0 bridgehead atoms. The van der Waals surface area contributed by atoms with Crippen LogP contribution in [0, 0.1) is 0 Å². The number of amides is 1. The summed E-state index contributed by atoms with van der Waals surface area (Å²) in [5, 5.41) is -0.0902. The molecule has 2 heterocycles. The molecule has 1 aliphatic rings. The zero-order valence-corrected chi connectivity index (χ0v) is 15.5. The second-order valence-electron chi connectivity index (χ2n) is 5.65. The molecule has 136 valence electrons. The van der Waals surface area contributed by atoms with E-state index in [0.717, 1.165) is 0 Å². The Labute approximate surface area is 159 Å². The summed E-state index contributed by atoms with van der Waals surface area (Å²) >= 11 is 7.39. The number of benzene rings is 1. The first-order valence-corrected chi connectivity index (χ1v) is 9.30. The van der Waals surface area contributed by atoms with E-state index in [1.165, 1.54) is 29.8 Å². The fraction of sp³-hybridized carbons (Fsp3) is 0.278. The average molecular weight is 394 g/mol. The Hall–Kier alpha value is -2.25. The number of esters is 1. The molecule has 2 atom stereocenters. The highest BCUT2D eigenvalue weighted by Gasteiger charge is 2.43. The Kier molecular flexibility index (Phi) is 5.68. The third kappa shape index (κ3) is 3.78. The predicted octanol–water partition coefficient (Wildman–Crippen LogP) is 3.32. The van der Waals surface area contributed by atoms with Gasteiger partial charge in [0.1, 0.15) is 17.2 Å². The van der Waals surface area contributed by atoms with E-state index in [1.807, 2.05) is 0 Å². The van der Waals surface area contributed by atoms with Crippen LogP contribution in [0.4, 0.5) is 0 Å². The maximum absolute atomic E-state index is 12.5. The average Bonchev–Trinajstić information content (AvgIpc) is 3.28. The number of thioether (sulfide) groups is 1. The molecule has 1 aromatic carbocycles. The topological polar surface area (TPSA) is 76.8 Å². The van der Waals surface area contributed by atoms with Gasteiger partial charge in [-0.15, -0.1) is 11.8 Å². The van der Waals surface area contributed by atoms with Crippen molar-refractivity contribution in [1.29, 1.82) is 0 Å². The Morgan fingerprint density at radius 1 is 1.27 bits per heavy atom. The molecule has 0 unspecified atom stereocenters. The molecule has 0 aliphatic carbocycles. The van der Waals surface area contributed by atoms with Crippen molar-refractivity contribution in [3.8, 4) is 0 Å². The van der Waals surface area contributed by atoms with Gasteiger partial charge in [-0.1, -0.05) is 23.7 Å². The summed E-state index contributed by atoms with van der Waals surface area (Å²) in [6.07, 6.45) is 1.52. The smallest absolute Gasteiger partial charge is 0.330 e. The number of ether oxygens (including phenoxy) is 1. The Morgan fingerprint density at radius 3 is 2.69 bits per heavy atom. The van der Waals surface area contributed by atoms with E-state index in [4.69, 9.17) is 20.8 Å². The zero-order chi connectivity index (χ0) is 18.7. The number of carbonyl (C=O) groups excluding carboxylic acids is 3. The summed E-state index contributed by atoms with van der Waals surface area (Å²) in [5.41, 5.74) is 0.291. The van der Waals surface area contributed by atoms with Gasteiger partial charge in [0.25, 0.3) is 0 Å². The van der Waals surface area contributed by atoms with Crippen LogP contribution in [-0.4, -0.2) is 41.0 Å². The molecule has 8 heteroatoms. The number of Topliss-reactive ketones (excluding diaryl/α,β-unsaturated/α-hetero) is 1. The van der Waals surface area contributed by atoms with Crippen LogP contribution < -0.4 is 0 Å². The van der Waals surface area contributed by atoms with Crippen molar-refractivity contribution >= 4 is 41.0 Å². The minimum absolute atomic E-state index is 0.268. The highest BCUT2D eigenvalue weighted by atomic mass is 35.5. The molecule has 26 heavy (non-hydrogen) atoms. The van der Waals surface area contributed by atoms with Gasteiger partial charge in [0.2, 0.25) is 11.7 Å². The third-order valence-electron chi connectivity index (χ3n) is 3.94. The SMILES string of the molecule is CC(=O)N1[C@H](C(=O)OCC(=O)c2ccccc2Cl)CS[C@H]1c1ccco1. The van der Waals surface area contributed by atoms with Crippen LogP contribution in [0.3, 0.4) is 0 Å². The molecule has 1 fully saturated rings. The monoisotopic (exact) mass is 393 g/mol. The van der Waals surface area contributed by atoms with E-state index in [-0.39, 0.29) is 11.3 Å². The molecule has 1 amide bonds. The van der Waals surface area contributed by atoms with Crippen LogP contribution >= 0.6 is 23.4 Å². The fourth-order valence-corrected chi connectivity index (χ4v) is 4.38. The maximum atomic E-state index is 12.5. The summed E-state index contributed by atoms with van der Waals surface area (Å²) in [6.45, 7) is 0.956. The molecule has 1 aromatic heterocycles. The van der Waals surface area contributed by atoms with Gasteiger partial charge in [-0.2, -0.15) is 0 Å². The minimum atomic E-state index is -0.772. The predicted molar refractivity (Wildman–Crippen MR) is 97.0 cm³/mol. The van der Waals surface area contributed by atoms with E-state index in [2.05, 4.69) is 0 Å². The number of ketones is 1. The molecule has 0 radical (unpaired) electrons. The first-order valence-electron chi connectivity index (χ1n) is 7.87. The van der Waals surface area contributed by atoms with Crippen LogP contribution in [0.25, 0.3) is 0 Å². The standard InChI is InChI=1S/C18H16ClNO5S/c1-11(21)20-14(10-26-17(20)16-7-4-8-24-16)18(23)25-9-15(22)12-5-2-3-6-13(12)19/h2-8,14,17H,9-10H2,1H3/t14-,17-/m0/s1. The number of nitrogens with zero attached hydrogens (tertiary/aromatic N) is 1. The fourth-order valence-electron chi connectivity index (χ4n) is 2.72. The van der Waals surface area contributed by atoms with E-state index >= 15 is 0 Å². The summed E-state index contributed by atoms with van der Waals surface area (Å²) < 4.78 is 10.5. The summed E-state index contributed by atoms with van der Waals surface area (Å²) in [7, 11) is 0. The number of hydrogen-bond donors (Lipinski definition) is 0. The van der Waals surface area contributed by atoms with Crippen LogP contribution in [0.2, 0.25) is 5.02 Å². The molecular weight excluding hydrogens is 378 g/mol. The van der Waals surface area contributed by atoms with Gasteiger partial charge in [0, 0.05) is 18.2 Å². The maximum Gasteiger partial charge on any atom is 0.330 e. The van der Waals surface area contributed by atoms with Crippen molar-refractivity contribution in [2.45, 2.75) is 18.3 Å². The molecule has 6 nitrogen and oxygen atoms in total.